The number of nitrogens with one attached hydrogen (secondary N) is 1. The van der Waals surface area contributed by atoms with Gasteiger partial charge >= 0.3 is 6.18 Å². The number of rotatable bonds is 3. The number of fused-ring (bicyclic) bond motifs is 1. The molecule has 8 heteroatoms. The highest BCUT2D eigenvalue weighted by Crippen LogP contribution is 2.31. The van der Waals surface area contributed by atoms with Gasteiger partial charge in [-0.2, -0.15) is 13.2 Å². The van der Waals surface area contributed by atoms with Crippen molar-refractivity contribution in [1.82, 2.24) is 14.9 Å². The molecule has 23 heavy (non-hydrogen) atoms. The first-order valence-electron chi connectivity index (χ1n) is 6.88. The first-order valence-corrected chi connectivity index (χ1v) is 6.88. The summed E-state index contributed by atoms with van der Waals surface area (Å²) >= 11 is 0. The molecular formula is C15H13F3N4O. The molecule has 1 aliphatic rings. The molecule has 1 aromatic carbocycles. The third-order valence-electron chi connectivity index (χ3n) is 3.52. The second-order valence-corrected chi connectivity index (χ2v) is 5.28. The largest absolute Gasteiger partial charge is 0.401 e. The van der Waals surface area contributed by atoms with Crippen molar-refractivity contribution >= 4 is 11.6 Å². The molecule has 1 aromatic heterocycles. The van der Waals surface area contributed by atoms with Gasteiger partial charge in [0, 0.05) is 31.2 Å². The summed E-state index contributed by atoms with van der Waals surface area (Å²) in [6.07, 6.45) is -0.179. The molecule has 2 heterocycles. The number of hydrogen-bond acceptors (Lipinski definition) is 4. The van der Waals surface area contributed by atoms with E-state index in [-0.39, 0.29) is 18.7 Å². The number of benzene rings is 1. The molecule has 0 spiro atoms. The highest BCUT2D eigenvalue weighted by atomic mass is 19.4. The van der Waals surface area contributed by atoms with E-state index in [0.29, 0.717) is 11.3 Å². The van der Waals surface area contributed by atoms with Crippen LogP contribution >= 0.6 is 0 Å². The number of amides is 1. The number of halogens is 3. The molecule has 0 radical (unpaired) electrons. The number of nitrogens with zero attached hydrogens (tertiary/aromatic N) is 3. The molecule has 0 aliphatic carbocycles. The Labute approximate surface area is 130 Å². The molecule has 0 unspecified atom stereocenters. The van der Waals surface area contributed by atoms with Gasteiger partial charge in [-0.1, -0.05) is 12.1 Å². The van der Waals surface area contributed by atoms with Gasteiger partial charge in [0.1, 0.15) is 6.33 Å². The van der Waals surface area contributed by atoms with Gasteiger partial charge in [0.05, 0.1) is 12.1 Å². The molecule has 0 bridgehead atoms. The van der Waals surface area contributed by atoms with Crippen LogP contribution in [-0.4, -0.2) is 33.5 Å². The molecule has 120 valence electrons. The van der Waals surface area contributed by atoms with Crippen molar-refractivity contribution in [3.63, 3.8) is 0 Å². The van der Waals surface area contributed by atoms with Crippen LogP contribution in [0.2, 0.25) is 0 Å². The zero-order valence-electron chi connectivity index (χ0n) is 12.0. The summed E-state index contributed by atoms with van der Waals surface area (Å²) in [5, 5.41) is 2.72. The van der Waals surface area contributed by atoms with Gasteiger partial charge in [0.15, 0.2) is 0 Å². The SMILES string of the molecule is O=C(Nc1cccc2c1CN(CC(F)(F)F)C2)c1cncnc1. The molecule has 0 saturated carbocycles. The third kappa shape index (κ3) is 3.65. The number of anilines is 1. The summed E-state index contributed by atoms with van der Waals surface area (Å²) in [5.41, 5.74) is 2.30. The fraction of sp³-hybridized carbons (Fsp3) is 0.267. The van der Waals surface area contributed by atoms with E-state index in [1.54, 1.807) is 18.2 Å². The van der Waals surface area contributed by atoms with E-state index < -0.39 is 18.6 Å². The van der Waals surface area contributed by atoms with Crippen molar-refractivity contribution in [3.8, 4) is 0 Å². The van der Waals surface area contributed by atoms with Gasteiger partial charge in [-0.15, -0.1) is 0 Å². The molecular weight excluding hydrogens is 309 g/mol. The molecule has 0 atom stereocenters. The Morgan fingerprint density at radius 2 is 1.96 bits per heavy atom. The second-order valence-electron chi connectivity index (χ2n) is 5.28. The Kier molecular flexibility index (Phi) is 3.99. The summed E-state index contributed by atoms with van der Waals surface area (Å²) in [5.74, 6) is -0.395. The summed E-state index contributed by atoms with van der Waals surface area (Å²) in [7, 11) is 0. The van der Waals surface area contributed by atoms with Crippen LogP contribution in [0.4, 0.5) is 18.9 Å². The van der Waals surface area contributed by atoms with Crippen molar-refractivity contribution in [2.45, 2.75) is 19.3 Å². The van der Waals surface area contributed by atoms with Gasteiger partial charge in [0.2, 0.25) is 0 Å². The second kappa shape index (κ2) is 5.96. The monoisotopic (exact) mass is 322 g/mol. The average molecular weight is 322 g/mol. The van der Waals surface area contributed by atoms with Crippen LogP contribution in [0.3, 0.4) is 0 Å². The Morgan fingerprint density at radius 3 is 2.65 bits per heavy atom. The quantitative estimate of drug-likeness (QED) is 0.944. The van der Waals surface area contributed by atoms with E-state index in [9.17, 15) is 18.0 Å². The summed E-state index contributed by atoms with van der Waals surface area (Å²) in [4.78, 5) is 21.0. The Balaban J connectivity index is 1.77. The lowest BCUT2D eigenvalue weighted by atomic mass is 10.1. The van der Waals surface area contributed by atoms with Crippen LogP contribution in [0.15, 0.2) is 36.9 Å². The van der Waals surface area contributed by atoms with E-state index in [0.717, 1.165) is 5.56 Å². The van der Waals surface area contributed by atoms with Gasteiger partial charge in [-0.3, -0.25) is 9.69 Å². The first-order chi connectivity index (χ1) is 10.9. The number of carbonyl (C=O) groups excluding carboxylic acids is 1. The minimum Gasteiger partial charge on any atom is -0.322 e. The third-order valence-corrected chi connectivity index (χ3v) is 3.52. The Hall–Kier alpha value is -2.48. The van der Waals surface area contributed by atoms with E-state index in [4.69, 9.17) is 0 Å². The predicted octanol–water partition coefficient (Wildman–Crippen LogP) is 2.61. The van der Waals surface area contributed by atoms with Crippen molar-refractivity contribution in [2.75, 3.05) is 11.9 Å². The van der Waals surface area contributed by atoms with Crippen molar-refractivity contribution in [3.05, 3.63) is 53.6 Å². The topological polar surface area (TPSA) is 58.1 Å². The zero-order valence-corrected chi connectivity index (χ0v) is 12.0. The molecule has 1 aliphatic heterocycles. The van der Waals surface area contributed by atoms with Crippen LogP contribution < -0.4 is 5.32 Å². The van der Waals surface area contributed by atoms with Gasteiger partial charge in [-0.25, -0.2) is 9.97 Å². The van der Waals surface area contributed by atoms with E-state index in [2.05, 4.69) is 15.3 Å². The molecule has 0 saturated heterocycles. The zero-order chi connectivity index (χ0) is 16.4. The molecule has 1 amide bonds. The van der Waals surface area contributed by atoms with Gasteiger partial charge in [0.25, 0.3) is 5.91 Å². The summed E-state index contributed by atoms with van der Waals surface area (Å²) in [6, 6.07) is 5.16. The van der Waals surface area contributed by atoms with Crippen LogP contribution in [0, 0.1) is 0 Å². The fourth-order valence-electron chi connectivity index (χ4n) is 2.58. The maximum Gasteiger partial charge on any atom is 0.401 e. The normalized spacial score (nSPS) is 14.6. The van der Waals surface area contributed by atoms with Crippen molar-refractivity contribution in [1.29, 1.82) is 0 Å². The Morgan fingerprint density at radius 1 is 1.22 bits per heavy atom. The summed E-state index contributed by atoms with van der Waals surface area (Å²) < 4.78 is 37.6. The first kappa shape index (κ1) is 15.4. The van der Waals surface area contributed by atoms with Crippen LogP contribution in [-0.2, 0) is 13.1 Å². The number of alkyl halides is 3. The minimum absolute atomic E-state index is 0.149. The maximum absolute atomic E-state index is 12.5. The molecule has 1 N–H and O–H groups in total. The van der Waals surface area contributed by atoms with E-state index in [1.165, 1.54) is 23.6 Å². The average Bonchev–Trinajstić information content (AvgIpc) is 2.89. The highest BCUT2D eigenvalue weighted by molar-refractivity contribution is 6.04. The van der Waals surface area contributed by atoms with Crippen molar-refractivity contribution < 1.29 is 18.0 Å². The maximum atomic E-state index is 12.5. The summed E-state index contributed by atoms with van der Waals surface area (Å²) in [6.45, 7) is -0.606. The molecule has 5 nitrogen and oxygen atoms in total. The lowest BCUT2D eigenvalue weighted by Gasteiger charge is -2.17. The van der Waals surface area contributed by atoms with Gasteiger partial charge < -0.3 is 5.32 Å². The van der Waals surface area contributed by atoms with E-state index in [1.807, 2.05) is 0 Å². The van der Waals surface area contributed by atoms with Gasteiger partial charge in [-0.05, 0) is 17.2 Å². The number of aromatic nitrogens is 2. The molecule has 0 fully saturated rings. The predicted molar refractivity (Wildman–Crippen MR) is 76.6 cm³/mol. The van der Waals surface area contributed by atoms with Crippen LogP contribution in [0.5, 0.6) is 0 Å². The smallest absolute Gasteiger partial charge is 0.322 e. The minimum atomic E-state index is -4.24. The standard InChI is InChI=1S/C15H13F3N4O/c16-15(17,18)8-22-6-10-2-1-3-13(12(10)7-22)21-14(23)11-4-19-9-20-5-11/h1-5,9H,6-8H2,(H,21,23). The molecule has 3 rings (SSSR count). The Bertz CT molecular complexity index is 718. The number of hydrogen-bond donors (Lipinski definition) is 1. The van der Waals surface area contributed by atoms with E-state index >= 15 is 0 Å². The van der Waals surface area contributed by atoms with Crippen LogP contribution in [0.1, 0.15) is 21.5 Å². The lowest BCUT2D eigenvalue weighted by Crippen LogP contribution is -2.30. The number of carbonyl (C=O) groups is 1. The van der Waals surface area contributed by atoms with Crippen molar-refractivity contribution in [2.24, 2.45) is 0 Å². The lowest BCUT2D eigenvalue weighted by molar-refractivity contribution is -0.146. The highest BCUT2D eigenvalue weighted by Gasteiger charge is 2.34. The van der Waals surface area contributed by atoms with Crippen LogP contribution in [0.25, 0.3) is 0 Å². The fourth-order valence-corrected chi connectivity index (χ4v) is 2.58. The molecule has 2 aromatic rings.